The fourth-order valence-corrected chi connectivity index (χ4v) is 1.43. The predicted molar refractivity (Wildman–Crippen MR) is 44.3 cm³/mol. The van der Waals surface area contributed by atoms with Crippen LogP contribution < -0.4 is 0 Å². The lowest BCUT2D eigenvalue weighted by Gasteiger charge is -2.30. The normalized spacial score (nSPS) is 34.7. The van der Waals surface area contributed by atoms with E-state index in [0.717, 1.165) is 6.42 Å². The fraction of sp³-hybridized carbons (Fsp3) is 0.778. The summed E-state index contributed by atoms with van der Waals surface area (Å²) in [4.78, 5) is 0. The zero-order valence-electron chi connectivity index (χ0n) is 6.99. The van der Waals surface area contributed by atoms with Crippen LogP contribution >= 0.6 is 0 Å². The van der Waals surface area contributed by atoms with Crippen LogP contribution in [0, 0.1) is 11.8 Å². The van der Waals surface area contributed by atoms with Crippen molar-refractivity contribution in [1.82, 2.24) is 0 Å². The molecule has 64 valence electrons. The summed E-state index contributed by atoms with van der Waals surface area (Å²) in [5.41, 5.74) is 0. The molecule has 0 aliphatic carbocycles. The lowest BCUT2D eigenvalue weighted by Crippen LogP contribution is -2.35. The smallest absolute Gasteiger partial charge is 0.0617 e. The average molecular weight is 156 g/mol. The van der Waals surface area contributed by atoms with Crippen molar-refractivity contribution in [3.8, 4) is 0 Å². The molecule has 1 rings (SSSR count). The van der Waals surface area contributed by atoms with Gasteiger partial charge >= 0.3 is 0 Å². The monoisotopic (exact) mass is 156 g/mol. The summed E-state index contributed by atoms with van der Waals surface area (Å²) in [5.74, 6) is 0.603. The number of rotatable bonds is 2. The Morgan fingerprint density at radius 1 is 1.73 bits per heavy atom. The molecule has 2 nitrogen and oxygen atoms in total. The fourth-order valence-electron chi connectivity index (χ4n) is 1.43. The molecule has 0 bridgehead atoms. The Labute approximate surface area is 67.9 Å². The second kappa shape index (κ2) is 3.88. The molecule has 2 heteroatoms. The van der Waals surface area contributed by atoms with Gasteiger partial charge in [0.2, 0.25) is 0 Å². The molecule has 0 saturated carbocycles. The Hall–Kier alpha value is -0.340. The van der Waals surface area contributed by atoms with Gasteiger partial charge < -0.3 is 9.84 Å². The van der Waals surface area contributed by atoms with Crippen LogP contribution in [0.5, 0.6) is 0 Å². The maximum absolute atomic E-state index is 9.54. The maximum Gasteiger partial charge on any atom is 0.0617 e. The molecular formula is C9H16O2. The number of aliphatic hydroxyl groups is 1. The van der Waals surface area contributed by atoms with Crippen molar-refractivity contribution in [2.45, 2.75) is 19.4 Å². The van der Waals surface area contributed by atoms with Gasteiger partial charge in [-0.15, -0.1) is 6.58 Å². The lowest BCUT2D eigenvalue weighted by molar-refractivity contribution is -0.0478. The van der Waals surface area contributed by atoms with E-state index in [1.165, 1.54) is 0 Å². The van der Waals surface area contributed by atoms with Crippen molar-refractivity contribution in [1.29, 1.82) is 0 Å². The number of ether oxygens (including phenoxy) is 1. The van der Waals surface area contributed by atoms with Gasteiger partial charge in [0, 0.05) is 12.5 Å². The van der Waals surface area contributed by atoms with E-state index in [4.69, 9.17) is 4.74 Å². The first-order valence-corrected chi connectivity index (χ1v) is 4.14. The summed E-state index contributed by atoms with van der Waals surface area (Å²) in [6.07, 6.45) is 2.45. The van der Waals surface area contributed by atoms with Gasteiger partial charge in [0.25, 0.3) is 0 Å². The van der Waals surface area contributed by atoms with Crippen LogP contribution in [0.3, 0.4) is 0 Å². The highest BCUT2D eigenvalue weighted by atomic mass is 16.5. The molecule has 0 spiro atoms. The van der Waals surface area contributed by atoms with E-state index in [2.05, 4.69) is 13.5 Å². The number of hydrogen-bond acceptors (Lipinski definition) is 2. The van der Waals surface area contributed by atoms with Gasteiger partial charge in [0.1, 0.15) is 0 Å². The molecule has 1 fully saturated rings. The molecular weight excluding hydrogens is 140 g/mol. The first-order chi connectivity index (χ1) is 5.25. The summed E-state index contributed by atoms with van der Waals surface area (Å²) in [6, 6.07) is 0. The van der Waals surface area contributed by atoms with Crippen molar-refractivity contribution in [3.05, 3.63) is 12.7 Å². The van der Waals surface area contributed by atoms with E-state index in [-0.39, 0.29) is 12.0 Å². The molecule has 0 aromatic rings. The zero-order chi connectivity index (χ0) is 8.27. The van der Waals surface area contributed by atoms with E-state index in [1.54, 1.807) is 0 Å². The number of allylic oxidation sites excluding steroid dienone is 1. The highest BCUT2D eigenvalue weighted by molar-refractivity contribution is 4.86. The summed E-state index contributed by atoms with van der Waals surface area (Å²) in [5, 5.41) is 9.54. The molecule has 1 heterocycles. The first-order valence-electron chi connectivity index (χ1n) is 4.14. The molecule has 1 N–H and O–H groups in total. The standard InChI is InChI=1S/C9H16O2/c1-3-7(2)8-6-11-5-4-9(8)10/h3,7-10H,1,4-6H2,2H3. The third kappa shape index (κ3) is 2.04. The van der Waals surface area contributed by atoms with Crippen molar-refractivity contribution in [2.24, 2.45) is 11.8 Å². The molecule has 0 radical (unpaired) electrons. The van der Waals surface area contributed by atoms with Crippen molar-refractivity contribution >= 4 is 0 Å². The Morgan fingerprint density at radius 3 is 3.00 bits per heavy atom. The van der Waals surface area contributed by atoms with Gasteiger partial charge in [-0.3, -0.25) is 0 Å². The van der Waals surface area contributed by atoms with E-state index in [0.29, 0.717) is 19.1 Å². The summed E-state index contributed by atoms with van der Waals surface area (Å²) in [6.45, 7) is 7.14. The molecule has 0 aromatic heterocycles. The van der Waals surface area contributed by atoms with Crippen LogP contribution in [0.1, 0.15) is 13.3 Å². The third-order valence-electron chi connectivity index (χ3n) is 2.41. The molecule has 0 amide bonds. The highest BCUT2D eigenvalue weighted by Gasteiger charge is 2.26. The first kappa shape index (κ1) is 8.75. The molecule has 1 aliphatic heterocycles. The molecule has 1 saturated heterocycles. The average Bonchev–Trinajstić information content (AvgIpc) is 2.04. The van der Waals surface area contributed by atoms with E-state index in [9.17, 15) is 5.11 Å². The number of hydrogen-bond donors (Lipinski definition) is 1. The Bertz CT molecular complexity index is 134. The molecule has 11 heavy (non-hydrogen) atoms. The van der Waals surface area contributed by atoms with Gasteiger partial charge in [0.15, 0.2) is 0 Å². The van der Waals surface area contributed by atoms with Crippen LogP contribution in [-0.2, 0) is 4.74 Å². The summed E-state index contributed by atoms with van der Waals surface area (Å²) < 4.78 is 5.27. The van der Waals surface area contributed by atoms with E-state index in [1.807, 2.05) is 6.08 Å². The van der Waals surface area contributed by atoms with Crippen LogP contribution in [0.25, 0.3) is 0 Å². The predicted octanol–water partition coefficient (Wildman–Crippen LogP) is 1.21. The van der Waals surface area contributed by atoms with Gasteiger partial charge in [0.05, 0.1) is 12.7 Å². The van der Waals surface area contributed by atoms with Gasteiger partial charge in [-0.2, -0.15) is 0 Å². The largest absolute Gasteiger partial charge is 0.393 e. The maximum atomic E-state index is 9.54. The Kier molecular flexibility index (Phi) is 3.09. The Balaban J connectivity index is 2.46. The SMILES string of the molecule is C=CC(C)C1COCCC1O. The molecule has 3 atom stereocenters. The summed E-state index contributed by atoms with van der Waals surface area (Å²) >= 11 is 0. The minimum Gasteiger partial charge on any atom is -0.393 e. The molecule has 0 aromatic carbocycles. The number of aliphatic hydroxyl groups excluding tert-OH is 1. The van der Waals surface area contributed by atoms with Gasteiger partial charge in [-0.1, -0.05) is 13.0 Å². The minimum absolute atomic E-state index is 0.197. The quantitative estimate of drug-likeness (QED) is 0.609. The second-order valence-electron chi connectivity index (χ2n) is 3.19. The minimum atomic E-state index is -0.197. The highest BCUT2D eigenvalue weighted by Crippen LogP contribution is 2.22. The van der Waals surface area contributed by atoms with Gasteiger partial charge in [-0.05, 0) is 12.3 Å². The van der Waals surface area contributed by atoms with Gasteiger partial charge in [-0.25, -0.2) is 0 Å². The van der Waals surface area contributed by atoms with E-state index >= 15 is 0 Å². The molecule has 3 unspecified atom stereocenters. The van der Waals surface area contributed by atoms with Crippen LogP contribution in [-0.4, -0.2) is 24.4 Å². The topological polar surface area (TPSA) is 29.5 Å². The lowest BCUT2D eigenvalue weighted by atomic mass is 9.87. The summed E-state index contributed by atoms with van der Waals surface area (Å²) in [7, 11) is 0. The van der Waals surface area contributed by atoms with Crippen LogP contribution in [0.4, 0.5) is 0 Å². The van der Waals surface area contributed by atoms with E-state index < -0.39 is 0 Å². The second-order valence-corrected chi connectivity index (χ2v) is 3.19. The van der Waals surface area contributed by atoms with Crippen LogP contribution in [0.15, 0.2) is 12.7 Å². The zero-order valence-corrected chi connectivity index (χ0v) is 6.99. The van der Waals surface area contributed by atoms with Crippen molar-refractivity contribution in [3.63, 3.8) is 0 Å². The van der Waals surface area contributed by atoms with Crippen LogP contribution in [0.2, 0.25) is 0 Å². The Morgan fingerprint density at radius 2 is 2.45 bits per heavy atom. The van der Waals surface area contributed by atoms with Crippen molar-refractivity contribution < 1.29 is 9.84 Å². The molecule has 1 aliphatic rings. The van der Waals surface area contributed by atoms with Crippen molar-refractivity contribution in [2.75, 3.05) is 13.2 Å². The third-order valence-corrected chi connectivity index (χ3v) is 2.41.